The Kier molecular flexibility index (Phi) is 10.8. The van der Waals surface area contributed by atoms with E-state index in [1.165, 1.54) is 61.7 Å². The topological polar surface area (TPSA) is 35.2 Å². The van der Waals surface area contributed by atoms with E-state index in [0.717, 1.165) is 19.6 Å². The molecule has 0 bridgehead atoms. The van der Waals surface area contributed by atoms with Crippen molar-refractivity contribution < 1.29 is 4.43 Å². The van der Waals surface area contributed by atoms with Gasteiger partial charge in [0.05, 0.1) is 0 Å². The first-order valence-electron chi connectivity index (χ1n) is 12.0. The van der Waals surface area contributed by atoms with E-state index in [-0.39, 0.29) is 5.04 Å². The summed E-state index contributed by atoms with van der Waals surface area (Å²) in [4.78, 5) is 0. The summed E-state index contributed by atoms with van der Waals surface area (Å²) in [5, 5.41) is 2.82. The van der Waals surface area contributed by atoms with Gasteiger partial charge in [-0.3, -0.25) is 0 Å². The zero-order valence-corrected chi connectivity index (χ0v) is 20.5. The Hall–Kier alpha value is -1.42. The van der Waals surface area contributed by atoms with E-state index in [2.05, 4.69) is 81.4 Å². The van der Waals surface area contributed by atoms with Crippen LogP contribution < -0.4 is 16.1 Å². The van der Waals surface area contributed by atoms with Gasteiger partial charge in [-0.2, -0.15) is 0 Å². The van der Waals surface area contributed by atoms with Gasteiger partial charge in [0.2, 0.25) is 0 Å². The van der Waals surface area contributed by atoms with Crippen LogP contribution in [0, 0.1) is 0 Å². The highest BCUT2D eigenvalue weighted by atomic mass is 28.4. The van der Waals surface area contributed by atoms with Crippen LogP contribution in [-0.4, -0.2) is 21.5 Å². The summed E-state index contributed by atoms with van der Waals surface area (Å²) in [6.07, 6.45) is 11.6. The quantitative estimate of drug-likeness (QED) is 0.296. The van der Waals surface area contributed by atoms with Crippen LogP contribution in [0.15, 0.2) is 60.7 Å². The molecule has 2 aromatic rings. The van der Waals surface area contributed by atoms with Crippen LogP contribution in [0.25, 0.3) is 0 Å². The largest absolute Gasteiger partial charge is 0.407 e. The van der Waals surface area contributed by atoms with Crippen molar-refractivity contribution in [2.24, 2.45) is 5.73 Å². The van der Waals surface area contributed by atoms with Gasteiger partial charge in [0, 0.05) is 6.61 Å². The van der Waals surface area contributed by atoms with Gasteiger partial charge in [0.1, 0.15) is 0 Å². The number of nitrogens with two attached hydrogens (primary N) is 1. The van der Waals surface area contributed by atoms with Crippen LogP contribution in [0.5, 0.6) is 0 Å². The van der Waals surface area contributed by atoms with Gasteiger partial charge in [-0.05, 0) is 34.8 Å². The molecule has 166 valence electrons. The van der Waals surface area contributed by atoms with E-state index in [0.29, 0.717) is 0 Å². The van der Waals surface area contributed by atoms with Crippen molar-refractivity contribution in [2.45, 2.75) is 83.6 Å². The highest BCUT2D eigenvalue weighted by molar-refractivity contribution is 6.99. The molecule has 0 amide bonds. The Bertz CT molecular complexity index is 642. The van der Waals surface area contributed by atoms with Crippen molar-refractivity contribution in [3.8, 4) is 0 Å². The molecule has 0 aliphatic carbocycles. The maximum absolute atomic E-state index is 6.97. The molecule has 0 aromatic heterocycles. The molecule has 0 spiro atoms. The Morgan fingerprint density at radius 2 is 1.03 bits per heavy atom. The number of hydrogen-bond donors (Lipinski definition) is 1. The van der Waals surface area contributed by atoms with Gasteiger partial charge < -0.3 is 10.2 Å². The fourth-order valence-electron chi connectivity index (χ4n) is 4.47. The van der Waals surface area contributed by atoms with Crippen molar-refractivity contribution in [2.75, 3.05) is 13.2 Å². The first kappa shape index (κ1) is 24.8. The second kappa shape index (κ2) is 13.1. The molecule has 0 aliphatic heterocycles. The molecule has 0 saturated heterocycles. The minimum absolute atomic E-state index is 0.0687. The lowest BCUT2D eigenvalue weighted by Crippen LogP contribution is -2.66. The Labute approximate surface area is 186 Å². The average Bonchev–Trinajstić information content (AvgIpc) is 2.75. The molecular weight excluding hydrogens is 382 g/mol. The molecule has 0 heterocycles. The third kappa shape index (κ3) is 7.07. The Balaban J connectivity index is 1.94. The van der Waals surface area contributed by atoms with E-state index < -0.39 is 8.32 Å². The number of rotatable bonds is 14. The standard InChI is InChI=1S/C27H43NOSi/c1-27(2,3)30(25-19-13-11-14-20-25,26-21-15-12-16-22-26)29-24-18-10-8-6-4-5-7-9-17-23-28/h11-16,19-22H,4-10,17-18,23-24,28H2,1-3H3. The summed E-state index contributed by atoms with van der Waals surface area (Å²) in [6, 6.07) is 21.9. The molecular formula is C27H43NOSi. The molecule has 0 atom stereocenters. The molecule has 3 heteroatoms. The molecule has 0 saturated carbocycles. The first-order valence-corrected chi connectivity index (χ1v) is 13.9. The summed E-state index contributed by atoms with van der Waals surface area (Å²) in [7, 11) is -2.35. The molecule has 0 unspecified atom stereocenters. The third-order valence-corrected chi connectivity index (χ3v) is 11.1. The van der Waals surface area contributed by atoms with Gasteiger partial charge in [-0.1, -0.05) is 126 Å². The lowest BCUT2D eigenvalue weighted by molar-refractivity contribution is 0.286. The zero-order valence-electron chi connectivity index (χ0n) is 19.5. The van der Waals surface area contributed by atoms with E-state index >= 15 is 0 Å². The lowest BCUT2D eigenvalue weighted by atomic mass is 10.1. The minimum Gasteiger partial charge on any atom is -0.407 e. The smallest absolute Gasteiger partial charge is 0.261 e. The number of benzene rings is 2. The molecule has 2 aromatic carbocycles. The van der Waals surface area contributed by atoms with Crippen molar-refractivity contribution in [3.63, 3.8) is 0 Å². The maximum Gasteiger partial charge on any atom is 0.261 e. The van der Waals surface area contributed by atoms with Crippen molar-refractivity contribution in [1.29, 1.82) is 0 Å². The summed E-state index contributed by atoms with van der Waals surface area (Å²) in [5.74, 6) is 0. The normalized spacial score (nSPS) is 12.3. The average molecular weight is 426 g/mol. The van der Waals surface area contributed by atoms with Crippen LogP contribution in [0.3, 0.4) is 0 Å². The molecule has 2 rings (SSSR count). The fourth-order valence-corrected chi connectivity index (χ4v) is 9.08. The second-order valence-corrected chi connectivity index (χ2v) is 13.8. The Morgan fingerprint density at radius 1 is 0.633 bits per heavy atom. The van der Waals surface area contributed by atoms with Crippen molar-refractivity contribution in [3.05, 3.63) is 60.7 Å². The number of hydrogen-bond acceptors (Lipinski definition) is 2. The molecule has 0 radical (unpaired) electrons. The summed E-state index contributed by atoms with van der Waals surface area (Å²) >= 11 is 0. The lowest BCUT2D eigenvalue weighted by Gasteiger charge is -2.43. The van der Waals surface area contributed by atoms with Gasteiger partial charge in [0.25, 0.3) is 8.32 Å². The minimum atomic E-state index is -2.35. The molecule has 2 N–H and O–H groups in total. The van der Waals surface area contributed by atoms with Gasteiger partial charge in [0.15, 0.2) is 0 Å². The second-order valence-electron chi connectivity index (χ2n) is 9.48. The SMILES string of the molecule is CC(C)(C)[Si](OCCCCCCCCCCCN)(c1ccccc1)c1ccccc1. The summed E-state index contributed by atoms with van der Waals surface area (Å²) < 4.78 is 6.97. The summed E-state index contributed by atoms with van der Waals surface area (Å²) in [6.45, 7) is 8.74. The van der Waals surface area contributed by atoms with Crippen LogP contribution in [0.4, 0.5) is 0 Å². The van der Waals surface area contributed by atoms with Crippen molar-refractivity contribution in [1.82, 2.24) is 0 Å². The Morgan fingerprint density at radius 3 is 1.43 bits per heavy atom. The first-order chi connectivity index (χ1) is 14.5. The molecule has 2 nitrogen and oxygen atoms in total. The fraction of sp³-hybridized carbons (Fsp3) is 0.556. The highest BCUT2D eigenvalue weighted by Crippen LogP contribution is 2.36. The van der Waals surface area contributed by atoms with Crippen LogP contribution in [0.2, 0.25) is 5.04 Å². The van der Waals surface area contributed by atoms with Crippen LogP contribution in [0.1, 0.15) is 78.6 Å². The van der Waals surface area contributed by atoms with E-state index in [4.69, 9.17) is 10.2 Å². The number of unbranched alkanes of at least 4 members (excludes halogenated alkanes) is 8. The van der Waals surface area contributed by atoms with Gasteiger partial charge in [-0.15, -0.1) is 0 Å². The van der Waals surface area contributed by atoms with Gasteiger partial charge >= 0.3 is 0 Å². The molecule has 0 aliphatic rings. The van der Waals surface area contributed by atoms with E-state index in [1.54, 1.807) is 0 Å². The van der Waals surface area contributed by atoms with Crippen LogP contribution in [-0.2, 0) is 4.43 Å². The predicted octanol–water partition coefficient (Wildman–Crippen LogP) is 6.03. The highest BCUT2D eigenvalue weighted by Gasteiger charge is 2.49. The molecule has 30 heavy (non-hydrogen) atoms. The van der Waals surface area contributed by atoms with Gasteiger partial charge in [-0.25, -0.2) is 0 Å². The van der Waals surface area contributed by atoms with Crippen LogP contribution >= 0.6 is 0 Å². The zero-order chi connectivity index (χ0) is 21.7. The predicted molar refractivity (Wildman–Crippen MR) is 134 cm³/mol. The summed E-state index contributed by atoms with van der Waals surface area (Å²) in [5.41, 5.74) is 5.56. The third-order valence-electron chi connectivity index (χ3n) is 6.08. The monoisotopic (exact) mass is 425 g/mol. The van der Waals surface area contributed by atoms with Crippen molar-refractivity contribution >= 4 is 18.7 Å². The van der Waals surface area contributed by atoms with E-state index in [9.17, 15) is 0 Å². The maximum atomic E-state index is 6.97. The van der Waals surface area contributed by atoms with E-state index in [1.807, 2.05) is 0 Å². The molecule has 0 fully saturated rings.